The Kier molecular flexibility index (Phi) is 4.10. The number of imidazole rings is 1. The van der Waals surface area contributed by atoms with Crippen molar-refractivity contribution in [3.8, 4) is 22.8 Å². The van der Waals surface area contributed by atoms with Crippen LogP contribution in [0.25, 0.3) is 27.7 Å². The van der Waals surface area contributed by atoms with Crippen molar-refractivity contribution < 1.29 is 17.8 Å². The number of sulfonamides is 1. The number of hydrogen-bond acceptors (Lipinski definition) is 8. The minimum absolute atomic E-state index is 0.0145. The van der Waals surface area contributed by atoms with Crippen molar-refractivity contribution in [3.05, 3.63) is 51.1 Å². The normalized spacial score (nSPS) is 11.9. The van der Waals surface area contributed by atoms with Gasteiger partial charge in [-0.15, -0.1) is 5.10 Å². The number of benzene rings is 1. The van der Waals surface area contributed by atoms with Crippen LogP contribution in [0.15, 0.2) is 49.8 Å². The number of fused-ring (bicyclic) bond motifs is 1. The van der Waals surface area contributed by atoms with Crippen molar-refractivity contribution in [1.29, 1.82) is 0 Å². The van der Waals surface area contributed by atoms with Crippen molar-refractivity contribution in [2.45, 2.75) is 4.34 Å². The summed E-state index contributed by atoms with van der Waals surface area (Å²) in [6, 6.07) is 9.34. The topological polar surface area (TPSA) is 147 Å². The summed E-state index contributed by atoms with van der Waals surface area (Å²) in [5.41, 5.74) is 1.08. The Hall–Kier alpha value is -2.61. The molecule has 0 bridgehead atoms. The minimum Gasteiger partial charge on any atom is -0.454 e. The van der Waals surface area contributed by atoms with Crippen molar-refractivity contribution in [2.24, 2.45) is 5.14 Å². The molecule has 0 spiro atoms. The fourth-order valence-electron chi connectivity index (χ4n) is 2.35. The SMILES string of the molecule is NS(=O)(=O)c1nn2c(Br)c(-c3ccc(-c4ccc([N+](=O)[O-])cc4)o3)nc2s1. The monoisotopic (exact) mass is 469 g/mol. The first-order valence-electron chi connectivity index (χ1n) is 7.17. The number of non-ortho nitro benzene ring substituents is 1. The predicted molar refractivity (Wildman–Crippen MR) is 99.7 cm³/mol. The van der Waals surface area contributed by atoms with Gasteiger partial charge >= 0.3 is 0 Å². The van der Waals surface area contributed by atoms with E-state index in [0.29, 0.717) is 32.3 Å². The molecule has 2 N–H and O–H groups in total. The van der Waals surface area contributed by atoms with Gasteiger partial charge in [0, 0.05) is 17.7 Å². The van der Waals surface area contributed by atoms with Crippen LogP contribution in [0, 0.1) is 10.1 Å². The predicted octanol–water partition coefficient (Wildman–Crippen LogP) is 3.04. The van der Waals surface area contributed by atoms with Gasteiger partial charge in [0.1, 0.15) is 16.1 Å². The number of furan rings is 1. The van der Waals surface area contributed by atoms with E-state index in [1.54, 1.807) is 24.3 Å². The molecule has 0 saturated carbocycles. The lowest BCUT2D eigenvalue weighted by Gasteiger charge is -1.97. The summed E-state index contributed by atoms with van der Waals surface area (Å²) in [5, 5.41) is 19.7. The first-order valence-corrected chi connectivity index (χ1v) is 10.3. The Morgan fingerprint density at radius 1 is 1.19 bits per heavy atom. The van der Waals surface area contributed by atoms with Crippen molar-refractivity contribution in [3.63, 3.8) is 0 Å². The standard InChI is InChI=1S/C14H8BrN5O5S2/c15-12-11(17-13-19(12)18-14(26-13)27(16,23)24)10-6-5-9(25-10)7-1-3-8(4-2-7)20(21)22/h1-6H,(H2,16,23,24). The molecular formula is C14H8BrN5O5S2. The van der Waals surface area contributed by atoms with E-state index in [2.05, 4.69) is 26.0 Å². The van der Waals surface area contributed by atoms with Gasteiger partial charge in [-0.2, -0.15) is 4.52 Å². The van der Waals surface area contributed by atoms with Crippen LogP contribution in [0.1, 0.15) is 0 Å². The Labute approximate surface area is 163 Å². The van der Waals surface area contributed by atoms with Crippen LogP contribution in [-0.4, -0.2) is 27.9 Å². The maximum absolute atomic E-state index is 11.4. The van der Waals surface area contributed by atoms with Crippen LogP contribution in [0.2, 0.25) is 0 Å². The highest BCUT2D eigenvalue weighted by atomic mass is 79.9. The molecule has 0 atom stereocenters. The van der Waals surface area contributed by atoms with Crippen molar-refractivity contribution >= 4 is 47.9 Å². The van der Waals surface area contributed by atoms with Crippen LogP contribution in [-0.2, 0) is 10.0 Å². The second kappa shape index (κ2) is 6.23. The number of halogens is 1. The third kappa shape index (κ3) is 3.14. The summed E-state index contributed by atoms with van der Waals surface area (Å²) in [7, 11) is -3.92. The number of aromatic nitrogens is 3. The molecular weight excluding hydrogens is 462 g/mol. The smallest absolute Gasteiger partial charge is 0.269 e. The van der Waals surface area contributed by atoms with E-state index in [1.165, 1.54) is 16.6 Å². The highest BCUT2D eigenvalue weighted by Crippen LogP contribution is 2.35. The first kappa shape index (κ1) is 17.8. The van der Waals surface area contributed by atoms with Gasteiger partial charge in [-0.1, -0.05) is 11.3 Å². The molecule has 4 rings (SSSR count). The zero-order chi connectivity index (χ0) is 19.3. The summed E-state index contributed by atoms with van der Waals surface area (Å²) < 4.78 is 30.1. The average Bonchev–Trinajstić information content (AvgIpc) is 3.30. The van der Waals surface area contributed by atoms with Gasteiger partial charge in [-0.3, -0.25) is 10.1 Å². The van der Waals surface area contributed by atoms with Gasteiger partial charge in [0.25, 0.3) is 15.7 Å². The van der Waals surface area contributed by atoms with Crippen LogP contribution in [0.5, 0.6) is 0 Å². The van der Waals surface area contributed by atoms with Gasteiger partial charge < -0.3 is 4.42 Å². The summed E-state index contributed by atoms with van der Waals surface area (Å²) in [6.45, 7) is 0. The maximum Gasteiger partial charge on any atom is 0.269 e. The molecule has 3 heterocycles. The minimum atomic E-state index is -3.92. The Morgan fingerprint density at radius 2 is 1.85 bits per heavy atom. The molecule has 27 heavy (non-hydrogen) atoms. The molecule has 0 fully saturated rings. The van der Waals surface area contributed by atoms with Gasteiger partial charge in [-0.25, -0.2) is 18.5 Å². The van der Waals surface area contributed by atoms with E-state index in [-0.39, 0.29) is 10.0 Å². The Balaban J connectivity index is 1.71. The van der Waals surface area contributed by atoms with Crippen LogP contribution < -0.4 is 5.14 Å². The molecule has 10 nitrogen and oxygen atoms in total. The second-order valence-corrected chi connectivity index (χ2v) is 8.77. The number of nitrogens with two attached hydrogens (primary N) is 1. The molecule has 1 aromatic carbocycles. The third-order valence-electron chi connectivity index (χ3n) is 3.58. The van der Waals surface area contributed by atoms with Crippen molar-refractivity contribution in [1.82, 2.24) is 14.6 Å². The lowest BCUT2D eigenvalue weighted by molar-refractivity contribution is -0.384. The van der Waals surface area contributed by atoms with Gasteiger partial charge in [0.15, 0.2) is 5.76 Å². The number of nitrogens with zero attached hydrogens (tertiary/aromatic N) is 4. The molecule has 0 aliphatic carbocycles. The van der Waals surface area contributed by atoms with E-state index in [0.717, 1.165) is 11.3 Å². The van der Waals surface area contributed by atoms with Crippen molar-refractivity contribution in [2.75, 3.05) is 0 Å². The molecule has 0 radical (unpaired) electrons. The Morgan fingerprint density at radius 3 is 2.44 bits per heavy atom. The third-order valence-corrected chi connectivity index (χ3v) is 6.51. The highest BCUT2D eigenvalue weighted by molar-refractivity contribution is 9.10. The van der Waals surface area contributed by atoms with E-state index in [9.17, 15) is 18.5 Å². The number of nitro benzene ring substituents is 1. The summed E-state index contributed by atoms with van der Waals surface area (Å²) in [5.74, 6) is 0.923. The Bertz CT molecular complexity index is 1290. The van der Waals surface area contributed by atoms with Gasteiger partial charge in [0.2, 0.25) is 9.30 Å². The number of nitro groups is 1. The summed E-state index contributed by atoms with van der Waals surface area (Å²) in [4.78, 5) is 14.9. The fraction of sp³-hybridized carbons (Fsp3) is 0. The number of primary sulfonamides is 1. The first-order chi connectivity index (χ1) is 12.7. The fourth-order valence-corrected chi connectivity index (χ4v) is 4.51. The van der Waals surface area contributed by atoms with E-state index in [1.807, 2.05) is 0 Å². The molecule has 13 heteroatoms. The van der Waals surface area contributed by atoms with Crippen LogP contribution in [0.3, 0.4) is 0 Å². The zero-order valence-electron chi connectivity index (χ0n) is 13.1. The molecule has 4 aromatic rings. The van der Waals surface area contributed by atoms with E-state index in [4.69, 9.17) is 9.56 Å². The zero-order valence-corrected chi connectivity index (χ0v) is 16.3. The molecule has 0 aliphatic rings. The summed E-state index contributed by atoms with van der Waals surface area (Å²) in [6.07, 6.45) is 0. The average molecular weight is 470 g/mol. The highest BCUT2D eigenvalue weighted by Gasteiger charge is 2.22. The van der Waals surface area contributed by atoms with Crippen LogP contribution >= 0.6 is 27.3 Å². The summed E-state index contributed by atoms with van der Waals surface area (Å²) >= 11 is 4.17. The molecule has 0 unspecified atom stereocenters. The maximum atomic E-state index is 11.4. The number of hydrogen-bond donors (Lipinski definition) is 1. The quantitative estimate of drug-likeness (QED) is 0.356. The molecule has 0 saturated heterocycles. The second-order valence-electron chi connectivity index (χ2n) is 5.33. The van der Waals surface area contributed by atoms with Crippen LogP contribution in [0.4, 0.5) is 5.69 Å². The number of rotatable bonds is 4. The van der Waals surface area contributed by atoms with E-state index >= 15 is 0 Å². The molecule has 3 aromatic heterocycles. The molecule has 0 amide bonds. The van der Waals surface area contributed by atoms with Gasteiger partial charge in [0.05, 0.1) is 4.92 Å². The lowest BCUT2D eigenvalue weighted by atomic mass is 10.1. The molecule has 138 valence electrons. The largest absolute Gasteiger partial charge is 0.454 e. The lowest BCUT2D eigenvalue weighted by Crippen LogP contribution is -2.12. The van der Waals surface area contributed by atoms with E-state index < -0.39 is 14.9 Å². The molecule has 0 aliphatic heterocycles. The van der Waals surface area contributed by atoms with Gasteiger partial charge in [-0.05, 0) is 40.2 Å².